The molecule has 15 heavy (non-hydrogen) atoms. The number of hydrogen-bond donors (Lipinski definition) is 0. The van der Waals surface area contributed by atoms with Crippen molar-refractivity contribution in [3.8, 4) is 0 Å². The van der Waals surface area contributed by atoms with E-state index in [2.05, 4.69) is 33.9 Å². The van der Waals surface area contributed by atoms with Gasteiger partial charge in [-0.1, -0.05) is 39.7 Å². The van der Waals surface area contributed by atoms with E-state index in [9.17, 15) is 0 Å². The zero-order chi connectivity index (χ0) is 11.5. The van der Waals surface area contributed by atoms with Crippen molar-refractivity contribution in [3.05, 3.63) is 12.7 Å². The Morgan fingerprint density at radius 1 is 1.33 bits per heavy atom. The van der Waals surface area contributed by atoms with Crippen LogP contribution in [-0.4, -0.2) is 14.4 Å². The van der Waals surface area contributed by atoms with Crippen molar-refractivity contribution >= 4 is 8.32 Å². The second-order valence-corrected chi connectivity index (χ2v) is 10.6. The lowest BCUT2D eigenvalue weighted by Gasteiger charge is -2.40. The molecule has 0 heterocycles. The number of rotatable bonds is 4. The molecule has 0 radical (unpaired) electrons. The van der Waals surface area contributed by atoms with Gasteiger partial charge in [0, 0.05) is 6.10 Å². The van der Waals surface area contributed by atoms with Crippen LogP contribution in [0.1, 0.15) is 46.5 Å². The standard InChI is InChI=1S/C13H26OSi/c1-6-11-15(5,13(2,3)4)14-12-9-7-8-10-12/h6,12H,1,7-11H2,2-5H3. The van der Waals surface area contributed by atoms with Crippen LogP contribution in [0.5, 0.6) is 0 Å². The quantitative estimate of drug-likeness (QED) is 0.506. The summed E-state index contributed by atoms with van der Waals surface area (Å²) < 4.78 is 6.47. The Bertz CT molecular complexity index is 213. The second-order valence-electron chi connectivity index (χ2n) is 6.00. The molecule has 0 aromatic carbocycles. The predicted octanol–water partition coefficient (Wildman–Crippen LogP) is 4.51. The zero-order valence-electron chi connectivity index (χ0n) is 10.8. The van der Waals surface area contributed by atoms with Crippen LogP contribution < -0.4 is 0 Å². The fraction of sp³-hybridized carbons (Fsp3) is 0.846. The van der Waals surface area contributed by atoms with E-state index in [4.69, 9.17) is 4.43 Å². The van der Waals surface area contributed by atoms with Gasteiger partial charge in [-0.05, 0) is 30.5 Å². The Labute approximate surface area is 96.0 Å². The largest absolute Gasteiger partial charge is 0.413 e. The van der Waals surface area contributed by atoms with E-state index in [-0.39, 0.29) is 0 Å². The van der Waals surface area contributed by atoms with Gasteiger partial charge in [0.2, 0.25) is 0 Å². The Hall–Kier alpha value is -0.0831. The normalized spacial score (nSPS) is 22.7. The molecule has 0 N–H and O–H groups in total. The van der Waals surface area contributed by atoms with E-state index in [0.717, 1.165) is 6.04 Å². The molecular formula is C13H26OSi. The van der Waals surface area contributed by atoms with E-state index >= 15 is 0 Å². The van der Waals surface area contributed by atoms with Crippen molar-refractivity contribution in [2.24, 2.45) is 0 Å². The summed E-state index contributed by atoms with van der Waals surface area (Å²) >= 11 is 0. The third-order valence-corrected chi connectivity index (χ3v) is 8.94. The highest BCUT2D eigenvalue weighted by Crippen LogP contribution is 2.42. The highest BCUT2D eigenvalue weighted by atomic mass is 28.4. The van der Waals surface area contributed by atoms with Crippen molar-refractivity contribution in [1.82, 2.24) is 0 Å². The molecule has 0 saturated heterocycles. The van der Waals surface area contributed by atoms with E-state index < -0.39 is 8.32 Å². The summed E-state index contributed by atoms with van der Waals surface area (Å²) in [6.07, 6.45) is 7.85. The molecular weight excluding hydrogens is 200 g/mol. The maximum absolute atomic E-state index is 6.47. The average molecular weight is 226 g/mol. The monoisotopic (exact) mass is 226 g/mol. The lowest BCUT2D eigenvalue weighted by molar-refractivity contribution is 0.186. The molecule has 0 aliphatic heterocycles. The molecule has 1 atom stereocenters. The van der Waals surface area contributed by atoms with Crippen LogP contribution in [0.25, 0.3) is 0 Å². The first-order chi connectivity index (χ1) is 6.89. The van der Waals surface area contributed by atoms with Crippen molar-refractivity contribution < 1.29 is 4.43 Å². The first-order valence-electron chi connectivity index (χ1n) is 6.18. The summed E-state index contributed by atoms with van der Waals surface area (Å²) in [4.78, 5) is 0. The third kappa shape index (κ3) is 3.18. The molecule has 0 aromatic heterocycles. The Kier molecular flexibility index (Phi) is 4.18. The van der Waals surface area contributed by atoms with Crippen molar-refractivity contribution in [2.75, 3.05) is 0 Å². The van der Waals surface area contributed by atoms with Crippen molar-refractivity contribution in [1.29, 1.82) is 0 Å². The highest BCUT2D eigenvalue weighted by Gasteiger charge is 2.42. The molecule has 1 saturated carbocycles. The number of hydrogen-bond acceptors (Lipinski definition) is 1. The van der Waals surface area contributed by atoms with Gasteiger partial charge in [-0.2, -0.15) is 0 Å². The van der Waals surface area contributed by atoms with Crippen molar-refractivity contribution in [2.45, 2.75) is 70.2 Å². The molecule has 0 aromatic rings. The van der Waals surface area contributed by atoms with Gasteiger partial charge in [0.25, 0.3) is 0 Å². The molecule has 2 heteroatoms. The molecule has 1 nitrogen and oxygen atoms in total. The first kappa shape index (κ1) is 13.0. The van der Waals surface area contributed by atoms with Gasteiger partial charge in [-0.15, -0.1) is 6.58 Å². The van der Waals surface area contributed by atoms with Crippen molar-refractivity contribution in [3.63, 3.8) is 0 Å². The molecule has 0 spiro atoms. The fourth-order valence-corrected chi connectivity index (χ4v) is 4.76. The summed E-state index contributed by atoms with van der Waals surface area (Å²) in [5.74, 6) is 0. The van der Waals surface area contributed by atoms with Crippen LogP contribution in [0.2, 0.25) is 17.6 Å². The second kappa shape index (κ2) is 4.83. The summed E-state index contributed by atoms with van der Waals surface area (Å²) in [6, 6.07) is 1.08. The average Bonchev–Trinajstić information content (AvgIpc) is 2.55. The van der Waals surface area contributed by atoms with Crippen LogP contribution in [0.4, 0.5) is 0 Å². The maximum Gasteiger partial charge on any atom is 0.199 e. The van der Waals surface area contributed by atoms with Gasteiger partial charge in [-0.25, -0.2) is 0 Å². The van der Waals surface area contributed by atoms with Crippen LogP contribution in [-0.2, 0) is 4.43 Å². The lowest BCUT2D eigenvalue weighted by atomic mass is 10.2. The minimum Gasteiger partial charge on any atom is -0.413 e. The van der Waals surface area contributed by atoms with E-state index in [0.29, 0.717) is 11.1 Å². The third-order valence-electron chi connectivity index (χ3n) is 3.85. The molecule has 0 bridgehead atoms. The summed E-state index contributed by atoms with van der Waals surface area (Å²) in [5, 5.41) is 0.309. The summed E-state index contributed by atoms with van der Waals surface area (Å²) in [7, 11) is -1.63. The van der Waals surface area contributed by atoms with Gasteiger partial charge in [-0.3, -0.25) is 0 Å². The van der Waals surface area contributed by atoms with Gasteiger partial charge in [0.15, 0.2) is 8.32 Å². The summed E-state index contributed by atoms with van der Waals surface area (Å²) in [5.41, 5.74) is 0. The van der Waals surface area contributed by atoms with E-state index in [1.54, 1.807) is 0 Å². The van der Waals surface area contributed by atoms with Crippen LogP contribution in [0.15, 0.2) is 12.7 Å². The Morgan fingerprint density at radius 2 is 1.87 bits per heavy atom. The van der Waals surface area contributed by atoms with Gasteiger partial charge >= 0.3 is 0 Å². The fourth-order valence-electron chi connectivity index (χ4n) is 2.18. The zero-order valence-corrected chi connectivity index (χ0v) is 11.8. The Morgan fingerprint density at radius 3 is 2.27 bits per heavy atom. The smallest absolute Gasteiger partial charge is 0.199 e. The molecule has 0 amide bonds. The van der Waals surface area contributed by atoms with Gasteiger partial charge < -0.3 is 4.43 Å². The molecule has 1 aliphatic carbocycles. The molecule has 88 valence electrons. The van der Waals surface area contributed by atoms with E-state index in [1.807, 2.05) is 6.08 Å². The first-order valence-corrected chi connectivity index (χ1v) is 8.79. The van der Waals surface area contributed by atoms with E-state index in [1.165, 1.54) is 25.7 Å². The molecule has 1 unspecified atom stereocenters. The maximum atomic E-state index is 6.47. The lowest BCUT2D eigenvalue weighted by Crippen LogP contribution is -2.45. The van der Waals surface area contributed by atoms with Crippen LogP contribution in [0.3, 0.4) is 0 Å². The Balaban J connectivity index is 2.67. The summed E-state index contributed by atoms with van der Waals surface area (Å²) in [6.45, 7) is 13.2. The van der Waals surface area contributed by atoms with Crippen LogP contribution >= 0.6 is 0 Å². The molecule has 1 fully saturated rings. The van der Waals surface area contributed by atoms with Gasteiger partial charge in [0.1, 0.15) is 0 Å². The van der Waals surface area contributed by atoms with Gasteiger partial charge in [0.05, 0.1) is 0 Å². The molecule has 1 rings (SSSR count). The highest BCUT2D eigenvalue weighted by molar-refractivity contribution is 6.75. The SMILES string of the molecule is C=CC[Si](C)(OC1CCCC1)C(C)(C)C. The number of allylic oxidation sites excluding steroid dienone is 1. The molecule has 1 aliphatic rings. The topological polar surface area (TPSA) is 9.23 Å². The predicted molar refractivity (Wildman–Crippen MR) is 69.7 cm³/mol. The van der Waals surface area contributed by atoms with Crippen LogP contribution in [0, 0.1) is 0 Å². The minimum atomic E-state index is -1.63. The minimum absolute atomic E-state index is 0.309.